The summed E-state index contributed by atoms with van der Waals surface area (Å²) in [6.45, 7) is 1.86. The fraction of sp³-hybridized carbons (Fsp3) is 0.300. The predicted molar refractivity (Wildman–Crippen MR) is 67.3 cm³/mol. The minimum Gasteiger partial charge on any atom is -1.00 e. The quantitative estimate of drug-likeness (QED) is 0.154. The van der Waals surface area contributed by atoms with Crippen molar-refractivity contribution < 1.29 is 34.1 Å². The Labute approximate surface area is 128 Å². The van der Waals surface area contributed by atoms with Crippen molar-refractivity contribution in [2.45, 2.75) is 6.92 Å². The zero-order chi connectivity index (χ0) is 11.3. The molecule has 0 saturated carbocycles. The van der Waals surface area contributed by atoms with E-state index in [4.69, 9.17) is 0 Å². The van der Waals surface area contributed by atoms with Crippen molar-refractivity contribution in [3.05, 3.63) is 35.5 Å². The molecule has 4 nitrogen and oxygen atoms in total. The van der Waals surface area contributed by atoms with Gasteiger partial charge < -0.3 is 27.5 Å². The first-order chi connectivity index (χ1) is 7.11. The Morgan fingerprint density at radius 2 is 2.06 bits per heavy atom. The van der Waals surface area contributed by atoms with Crippen molar-refractivity contribution in [3.63, 3.8) is 0 Å². The summed E-state index contributed by atoms with van der Waals surface area (Å²) in [5.41, 5.74) is 5.54. The number of halogens is 1. The molecular formula is C10H14BrCuN4S-. The molecule has 0 aliphatic rings. The van der Waals surface area contributed by atoms with Crippen LogP contribution in [0.15, 0.2) is 29.5 Å². The fourth-order valence-electron chi connectivity index (χ4n) is 0.837. The fourth-order valence-corrected chi connectivity index (χ4v) is 0.882. The van der Waals surface area contributed by atoms with E-state index in [0.29, 0.717) is 5.11 Å². The summed E-state index contributed by atoms with van der Waals surface area (Å²) >= 11 is 4.16. The van der Waals surface area contributed by atoms with E-state index in [1.807, 2.05) is 39.2 Å². The largest absolute Gasteiger partial charge is 1.00 e. The summed E-state index contributed by atoms with van der Waals surface area (Å²) in [7, 11) is 3.72. The number of nitrogens with zero attached hydrogens (tertiary/aromatic N) is 4. The molecule has 0 unspecified atom stereocenters. The summed E-state index contributed by atoms with van der Waals surface area (Å²) in [6, 6.07) is 5.67. The Kier molecular flexibility index (Phi) is 10.8. The van der Waals surface area contributed by atoms with Crippen LogP contribution in [0.3, 0.4) is 0 Å². The second kappa shape index (κ2) is 9.67. The van der Waals surface area contributed by atoms with Gasteiger partial charge in [0, 0.05) is 29.0 Å². The molecule has 0 spiro atoms. The third-order valence-electron chi connectivity index (χ3n) is 1.73. The van der Waals surface area contributed by atoms with Gasteiger partial charge in [0.25, 0.3) is 0 Å². The molecule has 0 aliphatic carbocycles. The predicted octanol–water partition coefficient (Wildman–Crippen LogP) is -1.89. The van der Waals surface area contributed by atoms with E-state index in [9.17, 15) is 0 Å². The molecule has 0 saturated heterocycles. The average Bonchev–Trinajstić information content (AvgIpc) is 2.26. The van der Waals surface area contributed by atoms with Gasteiger partial charge in [0.05, 0.1) is 5.69 Å². The van der Waals surface area contributed by atoms with Crippen molar-refractivity contribution >= 4 is 23.0 Å². The van der Waals surface area contributed by atoms with Crippen LogP contribution in [0, 0.1) is 0 Å². The second-order valence-electron chi connectivity index (χ2n) is 3.19. The van der Waals surface area contributed by atoms with Crippen LogP contribution in [0.4, 0.5) is 0 Å². The molecule has 1 heterocycles. The molecule has 99 valence electrons. The van der Waals surface area contributed by atoms with Crippen LogP contribution < -0.4 is 17.0 Å². The van der Waals surface area contributed by atoms with Gasteiger partial charge in [-0.3, -0.25) is 9.88 Å². The van der Waals surface area contributed by atoms with Gasteiger partial charge in [-0.2, -0.15) is 0 Å². The smallest absolute Gasteiger partial charge is 0.188 e. The zero-order valence-electron chi connectivity index (χ0n) is 9.72. The van der Waals surface area contributed by atoms with Gasteiger partial charge >= 0.3 is 0 Å². The number of pyridine rings is 1. The molecule has 7 heteroatoms. The van der Waals surface area contributed by atoms with Crippen molar-refractivity contribution in [1.29, 1.82) is 0 Å². The third-order valence-corrected chi connectivity index (χ3v) is 2.21. The molecule has 0 fully saturated rings. The summed E-state index contributed by atoms with van der Waals surface area (Å²) < 4.78 is 0. The van der Waals surface area contributed by atoms with Gasteiger partial charge in [-0.05, 0) is 33.2 Å². The van der Waals surface area contributed by atoms with Gasteiger partial charge in [-0.1, -0.05) is 6.07 Å². The maximum Gasteiger partial charge on any atom is 0.188 e. The van der Waals surface area contributed by atoms with Crippen LogP contribution in [-0.4, -0.2) is 34.8 Å². The molecule has 0 atom stereocenters. The van der Waals surface area contributed by atoms with E-state index in [-0.39, 0.29) is 34.1 Å². The number of hydrogen-bond donors (Lipinski definition) is 0. The molecule has 1 rings (SSSR count). The summed E-state index contributed by atoms with van der Waals surface area (Å²) in [6.07, 6.45) is 1.73. The first kappa shape index (κ1) is 19.0. The van der Waals surface area contributed by atoms with E-state index in [0.717, 1.165) is 11.4 Å². The molecular weight excluding hydrogens is 352 g/mol. The zero-order valence-corrected chi connectivity index (χ0v) is 13.1. The van der Waals surface area contributed by atoms with Crippen LogP contribution in [0.1, 0.15) is 12.6 Å². The Hall–Kier alpha value is -0.331. The maximum absolute atomic E-state index is 4.16. The van der Waals surface area contributed by atoms with E-state index in [1.54, 1.807) is 11.1 Å². The SMILES string of the molecule is C/C(=N\[N-]C(=[SH+])N(C)C)c1ccccn1.[Br-].[Cu]. The van der Waals surface area contributed by atoms with Crippen LogP contribution in [0.25, 0.3) is 5.43 Å². The number of hydrogen-bond acceptors (Lipinski definition) is 2. The van der Waals surface area contributed by atoms with Crippen molar-refractivity contribution in [2.24, 2.45) is 5.10 Å². The molecule has 17 heavy (non-hydrogen) atoms. The number of thiol groups is 1. The maximum atomic E-state index is 4.16. The van der Waals surface area contributed by atoms with Crippen LogP contribution in [-0.2, 0) is 29.3 Å². The first-order valence-corrected chi connectivity index (χ1v) is 4.96. The van der Waals surface area contributed by atoms with E-state index in [1.165, 1.54) is 0 Å². The number of rotatable bonds is 2. The van der Waals surface area contributed by atoms with Crippen molar-refractivity contribution in [3.8, 4) is 0 Å². The Morgan fingerprint density at radius 1 is 1.41 bits per heavy atom. The van der Waals surface area contributed by atoms with Crippen molar-refractivity contribution in [2.75, 3.05) is 14.1 Å². The minimum atomic E-state index is 0. The molecule has 0 bridgehead atoms. The summed E-state index contributed by atoms with van der Waals surface area (Å²) in [5, 5.41) is 4.60. The van der Waals surface area contributed by atoms with Crippen LogP contribution >= 0.6 is 0 Å². The van der Waals surface area contributed by atoms with Crippen LogP contribution in [0.2, 0.25) is 0 Å². The van der Waals surface area contributed by atoms with Gasteiger partial charge in [-0.25, -0.2) is 0 Å². The summed E-state index contributed by atoms with van der Waals surface area (Å²) in [4.78, 5) is 5.94. The van der Waals surface area contributed by atoms with E-state index < -0.39 is 0 Å². The van der Waals surface area contributed by atoms with Gasteiger partial charge in [0.1, 0.15) is 0 Å². The average molecular weight is 366 g/mol. The molecule has 1 aromatic heterocycles. The van der Waals surface area contributed by atoms with Gasteiger partial charge in [0.2, 0.25) is 0 Å². The Balaban J connectivity index is 0. The Bertz CT molecular complexity index is 370. The van der Waals surface area contributed by atoms with E-state index in [2.05, 4.69) is 27.7 Å². The second-order valence-corrected chi connectivity index (χ2v) is 3.59. The summed E-state index contributed by atoms with van der Waals surface area (Å²) in [5.74, 6) is 0. The molecule has 0 aromatic carbocycles. The monoisotopic (exact) mass is 364 g/mol. The normalized spacial score (nSPS) is 10.2. The van der Waals surface area contributed by atoms with Gasteiger partial charge in [0.15, 0.2) is 17.3 Å². The molecule has 1 aromatic rings. The topological polar surface area (TPSA) is 42.6 Å². The van der Waals surface area contributed by atoms with Crippen molar-refractivity contribution in [1.82, 2.24) is 9.88 Å². The minimum absolute atomic E-state index is 0. The third kappa shape index (κ3) is 6.85. The Morgan fingerprint density at radius 3 is 2.53 bits per heavy atom. The van der Waals surface area contributed by atoms with E-state index >= 15 is 0 Å². The van der Waals surface area contributed by atoms with Crippen LogP contribution in [0.5, 0.6) is 0 Å². The standard InChI is InChI=1S/C10H14N4S.BrH.Cu/c1-8(9-6-4-5-7-11-9)12-13-10(15)14(2)3;;/h4-7H,1-3H3,(H,11,13,15);1H;/p-1. The molecule has 1 radical (unpaired) electrons. The number of aromatic nitrogens is 1. The van der Waals surface area contributed by atoms with Gasteiger partial charge in [-0.15, -0.1) is 0 Å². The molecule has 0 amide bonds. The molecule has 0 aliphatic heterocycles. The molecule has 0 N–H and O–H groups in total. The first-order valence-electron chi connectivity index (χ1n) is 4.51.